The number of carbonyl (C=O) groups is 1. The number of benzene rings is 1. The highest BCUT2D eigenvalue weighted by Crippen LogP contribution is 2.30. The van der Waals surface area contributed by atoms with E-state index in [0.717, 1.165) is 23.3 Å². The zero-order valence-corrected chi connectivity index (χ0v) is 12.2. The summed E-state index contributed by atoms with van der Waals surface area (Å²) in [5, 5.41) is 2.60. The van der Waals surface area contributed by atoms with Gasteiger partial charge in [-0.05, 0) is 36.6 Å². The monoisotopic (exact) mass is 266 g/mol. The lowest BCUT2D eigenvalue weighted by atomic mass is 10.0. The molecule has 0 aliphatic heterocycles. The fourth-order valence-electron chi connectivity index (χ4n) is 1.87. The maximum atomic E-state index is 11.4. The van der Waals surface area contributed by atoms with Crippen molar-refractivity contribution < 1.29 is 14.3 Å². The third kappa shape index (κ3) is 3.77. The molecule has 0 unspecified atom stereocenters. The van der Waals surface area contributed by atoms with E-state index in [9.17, 15) is 4.79 Å². The maximum absolute atomic E-state index is 11.4. The number of aryl methyl sites for hydroxylation is 1. The zero-order chi connectivity index (χ0) is 14.4. The van der Waals surface area contributed by atoms with Gasteiger partial charge in [-0.15, -0.1) is 0 Å². The molecular formula is C14H22N2O3. The summed E-state index contributed by atoms with van der Waals surface area (Å²) in [5.41, 5.74) is 2.27. The number of carbonyl (C=O) groups excluding carboxylic acids is 1. The van der Waals surface area contributed by atoms with Crippen molar-refractivity contribution in [3.63, 3.8) is 0 Å². The van der Waals surface area contributed by atoms with Crippen molar-refractivity contribution in [2.75, 3.05) is 34.9 Å². The molecule has 1 aromatic rings. The van der Waals surface area contributed by atoms with Crippen molar-refractivity contribution in [3.8, 4) is 11.5 Å². The summed E-state index contributed by atoms with van der Waals surface area (Å²) in [5.74, 6) is 1.44. The molecule has 19 heavy (non-hydrogen) atoms. The lowest BCUT2D eigenvalue weighted by Crippen LogP contribution is -2.36. The van der Waals surface area contributed by atoms with E-state index in [2.05, 4.69) is 5.32 Å². The van der Waals surface area contributed by atoms with Crippen LogP contribution in [0, 0.1) is 6.92 Å². The van der Waals surface area contributed by atoms with Crippen LogP contribution in [0.15, 0.2) is 12.1 Å². The molecule has 0 spiro atoms. The second kappa shape index (κ2) is 6.87. The van der Waals surface area contributed by atoms with Crippen LogP contribution in [-0.2, 0) is 6.42 Å². The van der Waals surface area contributed by atoms with Gasteiger partial charge in [0.1, 0.15) is 0 Å². The highest BCUT2D eigenvalue weighted by Gasteiger charge is 2.11. The van der Waals surface area contributed by atoms with Crippen LogP contribution >= 0.6 is 0 Å². The van der Waals surface area contributed by atoms with Gasteiger partial charge < -0.3 is 19.7 Å². The minimum absolute atomic E-state index is 0.0851. The standard InChI is InChI=1S/C14H22N2O3/c1-10-8-12(18-4)13(19-5)9-11(10)6-7-16(3)14(17)15-2/h8-9H,6-7H2,1-5H3,(H,15,17). The molecule has 5 nitrogen and oxygen atoms in total. The molecule has 5 heteroatoms. The van der Waals surface area contributed by atoms with Gasteiger partial charge in [-0.25, -0.2) is 4.79 Å². The van der Waals surface area contributed by atoms with E-state index in [1.807, 2.05) is 19.1 Å². The summed E-state index contributed by atoms with van der Waals surface area (Å²) >= 11 is 0. The van der Waals surface area contributed by atoms with Crippen LogP contribution in [-0.4, -0.2) is 45.8 Å². The summed E-state index contributed by atoms with van der Waals surface area (Å²) < 4.78 is 10.5. The summed E-state index contributed by atoms with van der Waals surface area (Å²) in [6, 6.07) is 3.83. The molecule has 0 radical (unpaired) electrons. The Hall–Kier alpha value is -1.91. The average Bonchev–Trinajstić information content (AvgIpc) is 2.44. The SMILES string of the molecule is CNC(=O)N(C)CCc1cc(OC)c(OC)cc1C. The lowest BCUT2D eigenvalue weighted by molar-refractivity contribution is 0.211. The van der Waals surface area contributed by atoms with Gasteiger partial charge in [0.15, 0.2) is 11.5 Å². The number of hydrogen-bond acceptors (Lipinski definition) is 3. The Morgan fingerprint density at radius 3 is 2.37 bits per heavy atom. The number of hydrogen-bond donors (Lipinski definition) is 1. The Balaban J connectivity index is 2.81. The van der Waals surface area contributed by atoms with Crippen molar-refractivity contribution in [1.29, 1.82) is 0 Å². The topological polar surface area (TPSA) is 50.8 Å². The molecule has 1 rings (SSSR count). The van der Waals surface area contributed by atoms with Crippen LogP contribution in [0.3, 0.4) is 0 Å². The highest BCUT2D eigenvalue weighted by atomic mass is 16.5. The van der Waals surface area contributed by atoms with E-state index in [1.54, 1.807) is 33.2 Å². The van der Waals surface area contributed by atoms with Gasteiger partial charge in [-0.1, -0.05) is 0 Å². The van der Waals surface area contributed by atoms with Gasteiger partial charge >= 0.3 is 6.03 Å². The quantitative estimate of drug-likeness (QED) is 0.884. The molecule has 0 aliphatic rings. The fraction of sp³-hybridized carbons (Fsp3) is 0.500. The Labute approximate surface area is 114 Å². The maximum Gasteiger partial charge on any atom is 0.316 e. The molecule has 106 valence electrons. The molecule has 0 saturated heterocycles. The van der Waals surface area contributed by atoms with Crippen LogP contribution in [0.1, 0.15) is 11.1 Å². The van der Waals surface area contributed by atoms with Crippen LogP contribution in [0.5, 0.6) is 11.5 Å². The van der Waals surface area contributed by atoms with E-state index in [-0.39, 0.29) is 6.03 Å². The largest absolute Gasteiger partial charge is 0.493 e. The third-order valence-electron chi connectivity index (χ3n) is 3.12. The first-order valence-electron chi connectivity index (χ1n) is 6.17. The van der Waals surface area contributed by atoms with Gasteiger partial charge in [-0.2, -0.15) is 0 Å². The van der Waals surface area contributed by atoms with E-state index in [1.165, 1.54) is 0 Å². The van der Waals surface area contributed by atoms with Crippen molar-refractivity contribution in [1.82, 2.24) is 10.2 Å². The van der Waals surface area contributed by atoms with Gasteiger partial charge in [0.25, 0.3) is 0 Å². The first-order chi connectivity index (χ1) is 9.03. The van der Waals surface area contributed by atoms with E-state index < -0.39 is 0 Å². The molecule has 0 aliphatic carbocycles. The molecule has 0 saturated carbocycles. The van der Waals surface area contributed by atoms with Crippen molar-refractivity contribution in [2.24, 2.45) is 0 Å². The van der Waals surface area contributed by atoms with Crippen LogP contribution < -0.4 is 14.8 Å². The minimum Gasteiger partial charge on any atom is -0.493 e. The van der Waals surface area contributed by atoms with Crippen molar-refractivity contribution in [3.05, 3.63) is 23.3 Å². The number of nitrogens with one attached hydrogen (secondary N) is 1. The number of urea groups is 1. The van der Waals surface area contributed by atoms with Crippen LogP contribution in [0.25, 0.3) is 0 Å². The molecule has 0 aromatic heterocycles. The molecule has 0 heterocycles. The molecular weight excluding hydrogens is 244 g/mol. The first kappa shape index (κ1) is 15.1. The van der Waals surface area contributed by atoms with Gasteiger partial charge in [0.05, 0.1) is 14.2 Å². The number of amides is 2. The molecule has 0 atom stereocenters. The molecule has 1 aromatic carbocycles. The smallest absolute Gasteiger partial charge is 0.316 e. The molecule has 1 N–H and O–H groups in total. The Morgan fingerprint density at radius 2 is 1.84 bits per heavy atom. The van der Waals surface area contributed by atoms with E-state index in [0.29, 0.717) is 12.3 Å². The number of ether oxygens (including phenoxy) is 2. The van der Waals surface area contributed by atoms with Crippen molar-refractivity contribution >= 4 is 6.03 Å². The number of methoxy groups -OCH3 is 2. The molecule has 2 amide bonds. The summed E-state index contributed by atoms with van der Waals surface area (Å²) in [6.45, 7) is 2.67. The summed E-state index contributed by atoms with van der Waals surface area (Å²) in [4.78, 5) is 13.1. The predicted octanol–water partition coefficient (Wildman–Crippen LogP) is 1.83. The van der Waals surface area contributed by atoms with Gasteiger partial charge in [-0.3, -0.25) is 0 Å². The average molecular weight is 266 g/mol. The van der Waals surface area contributed by atoms with Crippen LogP contribution in [0.2, 0.25) is 0 Å². The zero-order valence-electron chi connectivity index (χ0n) is 12.2. The first-order valence-corrected chi connectivity index (χ1v) is 6.17. The minimum atomic E-state index is -0.0851. The molecule has 0 bridgehead atoms. The second-order valence-corrected chi connectivity index (χ2v) is 4.36. The van der Waals surface area contributed by atoms with Gasteiger partial charge in [0.2, 0.25) is 0 Å². The van der Waals surface area contributed by atoms with Crippen molar-refractivity contribution in [2.45, 2.75) is 13.3 Å². The third-order valence-corrected chi connectivity index (χ3v) is 3.12. The number of rotatable bonds is 5. The lowest BCUT2D eigenvalue weighted by Gasteiger charge is -2.18. The number of nitrogens with zero attached hydrogens (tertiary/aromatic N) is 1. The van der Waals surface area contributed by atoms with E-state index in [4.69, 9.17) is 9.47 Å². The summed E-state index contributed by atoms with van der Waals surface area (Å²) in [6.07, 6.45) is 0.774. The Morgan fingerprint density at radius 1 is 1.26 bits per heavy atom. The summed E-state index contributed by atoms with van der Waals surface area (Å²) in [7, 11) is 6.64. The van der Waals surface area contributed by atoms with Gasteiger partial charge in [0, 0.05) is 20.6 Å². The second-order valence-electron chi connectivity index (χ2n) is 4.36. The fourth-order valence-corrected chi connectivity index (χ4v) is 1.87. The number of likely N-dealkylation sites (N-methyl/N-ethyl adjacent to an activating group) is 1. The predicted molar refractivity (Wildman–Crippen MR) is 75.1 cm³/mol. The normalized spacial score (nSPS) is 9.95. The Kier molecular flexibility index (Phi) is 5.48. The van der Waals surface area contributed by atoms with Crippen LogP contribution in [0.4, 0.5) is 4.79 Å². The molecule has 0 fully saturated rings. The van der Waals surface area contributed by atoms with E-state index >= 15 is 0 Å². The Bertz CT molecular complexity index is 447. The highest BCUT2D eigenvalue weighted by molar-refractivity contribution is 5.73.